The number of fused-ring (bicyclic) bond motifs is 1. The lowest BCUT2D eigenvalue weighted by molar-refractivity contribution is 0.0821. The van der Waals surface area contributed by atoms with E-state index < -0.39 is 0 Å². The van der Waals surface area contributed by atoms with Crippen LogP contribution in [0.15, 0.2) is 30.3 Å². The summed E-state index contributed by atoms with van der Waals surface area (Å²) in [6, 6.07) is 10.2. The number of benzene rings is 1. The quantitative estimate of drug-likeness (QED) is 0.637. The molecule has 2 aromatic rings. The first kappa shape index (κ1) is 20.0. The van der Waals surface area contributed by atoms with E-state index in [2.05, 4.69) is 42.7 Å². The van der Waals surface area contributed by atoms with Crippen molar-refractivity contribution in [2.45, 2.75) is 58.5 Å². The predicted octanol–water partition coefficient (Wildman–Crippen LogP) is 5.34. The number of hydrogen-bond donors (Lipinski definition) is 0. The molecule has 28 heavy (non-hydrogen) atoms. The van der Waals surface area contributed by atoms with Crippen LogP contribution in [0.5, 0.6) is 0 Å². The topological polar surface area (TPSA) is 58.3 Å². The van der Waals surface area contributed by atoms with E-state index in [9.17, 15) is 10.1 Å². The number of nitriles is 1. The van der Waals surface area contributed by atoms with E-state index in [-0.39, 0.29) is 12.1 Å². The fourth-order valence-electron chi connectivity index (χ4n) is 3.82. The highest BCUT2D eigenvalue weighted by molar-refractivity contribution is 5.85. The second kappa shape index (κ2) is 9.45. The van der Waals surface area contributed by atoms with Crippen LogP contribution in [0.3, 0.4) is 0 Å². The largest absolute Gasteiger partial charge is 0.449 e. The third-order valence-electron chi connectivity index (χ3n) is 5.38. The van der Waals surface area contributed by atoms with Crippen LogP contribution in [0.25, 0.3) is 17.0 Å². The van der Waals surface area contributed by atoms with E-state index in [0.29, 0.717) is 12.2 Å². The molecule has 3 rings (SSSR count). The molecule has 148 valence electrons. The summed E-state index contributed by atoms with van der Waals surface area (Å²) in [5.41, 5.74) is 2.84. The summed E-state index contributed by atoms with van der Waals surface area (Å²) >= 11 is 0. The number of unbranched alkanes of at least 4 members (excludes halogenated alkanes) is 1. The molecular weight excluding hydrogens is 350 g/mol. The zero-order valence-corrected chi connectivity index (χ0v) is 16.9. The molecule has 5 nitrogen and oxygen atoms in total. The number of carbonyl (C=O) groups excluding carboxylic acids is 1. The molecule has 0 radical (unpaired) electrons. The van der Waals surface area contributed by atoms with Gasteiger partial charge >= 0.3 is 6.09 Å². The molecule has 1 aromatic carbocycles. The van der Waals surface area contributed by atoms with Gasteiger partial charge in [0, 0.05) is 29.7 Å². The van der Waals surface area contributed by atoms with E-state index in [0.717, 1.165) is 61.8 Å². The predicted molar refractivity (Wildman–Crippen MR) is 112 cm³/mol. The number of nitrogens with zero attached hydrogens (tertiary/aromatic N) is 3. The maximum atomic E-state index is 12.5. The van der Waals surface area contributed by atoms with Crippen LogP contribution in [0.2, 0.25) is 0 Å². The Kier molecular flexibility index (Phi) is 6.76. The molecule has 0 bridgehead atoms. The highest BCUT2D eigenvalue weighted by atomic mass is 16.6. The number of amides is 1. The third kappa shape index (κ3) is 4.39. The molecule has 1 aliphatic heterocycles. The van der Waals surface area contributed by atoms with Crippen molar-refractivity contribution in [1.82, 2.24) is 9.47 Å². The van der Waals surface area contributed by atoms with Gasteiger partial charge in [-0.2, -0.15) is 5.26 Å². The molecule has 1 saturated heterocycles. The molecule has 1 fully saturated rings. The van der Waals surface area contributed by atoms with Crippen LogP contribution in [0, 0.1) is 11.3 Å². The SMILES string of the molecule is CCCCOC(=O)N1CCCC[C@H]1C=Cc1cc2ccc(C#N)cc2n1CC. The molecule has 1 aromatic heterocycles. The number of rotatable bonds is 6. The highest BCUT2D eigenvalue weighted by Crippen LogP contribution is 2.24. The van der Waals surface area contributed by atoms with Crippen LogP contribution >= 0.6 is 0 Å². The van der Waals surface area contributed by atoms with Gasteiger partial charge in [0.1, 0.15) is 0 Å². The Morgan fingerprint density at radius 3 is 2.93 bits per heavy atom. The lowest BCUT2D eigenvalue weighted by atomic mass is 10.0. The maximum Gasteiger partial charge on any atom is 0.410 e. The minimum Gasteiger partial charge on any atom is -0.449 e. The van der Waals surface area contributed by atoms with Gasteiger partial charge in [-0.1, -0.05) is 25.5 Å². The Balaban J connectivity index is 1.81. The first-order chi connectivity index (χ1) is 13.7. The molecule has 5 heteroatoms. The minimum absolute atomic E-state index is 0.0702. The van der Waals surface area contributed by atoms with E-state index >= 15 is 0 Å². The molecule has 0 unspecified atom stereocenters. The molecular formula is C23H29N3O2. The number of aryl methyl sites for hydroxylation is 1. The van der Waals surface area contributed by atoms with Gasteiger partial charge in [-0.25, -0.2) is 4.79 Å². The van der Waals surface area contributed by atoms with Gasteiger partial charge in [0.05, 0.1) is 24.3 Å². The summed E-state index contributed by atoms with van der Waals surface area (Å²) in [5.74, 6) is 0. The van der Waals surface area contributed by atoms with Crippen LogP contribution < -0.4 is 0 Å². The second-order valence-corrected chi connectivity index (χ2v) is 7.28. The molecule has 0 aliphatic carbocycles. The molecule has 0 spiro atoms. The van der Waals surface area contributed by atoms with Gasteiger partial charge in [-0.05, 0) is 56.9 Å². The van der Waals surface area contributed by atoms with Crippen molar-refractivity contribution in [2.75, 3.05) is 13.2 Å². The van der Waals surface area contributed by atoms with Crippen LogP contribution in [-0.2, 0) is 11.3 Å². The van der Waals surface area contributed by atoms with E-state index in [4.69, 9.17) is 4.74 Å². The lowest BCUT2D eigenvalue weighted by Crippen LogP contribution is -2.43. The Morgan fingerprint density at radius 1 is 1.32 bits per heavy atom. The van der Waals surface area contributed by atoms with Gasteiger partial charge in [0.15, 0.2) is 0 Å². The average molecular weight is 380 g/mol. The summed E-state index contributed by atoms with van der Waals surface area (Å²) in [6.07, 6.45) is 9.08. The summed E-state index contributed by atoms with van der Waals surface area (Å²) in [7, 11) is 0. The highest BCUT2D eigenvalue weighted by Gasteiger charge is 2.26. The monoisotopic (exact) mass is 379 g/mol. The zero-order chi connectivity index (χ0) is 19.9. The smallest absolute Gasteiger partial charge is 0.410 e. The zero-order valence-electron chi connectivity index (χ0n) is 16.9. The molecule has 1 atom stereocenters. The van der Waals surface area contributed by atoms with Crippen molar-refractivity contribution in [1.29, 1.82) is 5.26 Å². The van der Waals surface area contributed by atoms with Crippen molar-refractivity contribution < 1.29 is 9.53 Å². The molecule has 0 N–H and O–H groups in total. The van der Waals surface area contributed by atoms with E-state index in [1.165, 1.54) is 0 Å². The summed E-state index contributed by atoms with van der Waals surface area (Å²) in [4.78, 5) is 14.3. The third-order valence-corrected chi connectivity index (χ3v) is 5.38. The Bertz CT molecular complexity index is 891. The fourth-order valence-corrected chi connectivity index (χ4v) is 3.82. The normalized spacial score (nSPS) is 17.2. The standard InChI is InChI=1S/C23H29N3O2/c1-3-5-14-28-23(27)26-13-7-6-8-20(26)11-12-21-16-19-10-9-18(17-24)15-22(19)25(21)4-2/h9-12,15-16,20H,3-8,13-14H2,1-2H3/t20-/m0/s1. The number of carbonyl (C=O) groups is 1. The van der Waals surface area contributed by atoms with Gasteiger partial charge in [0.2, 0.25) is 0 Å². The van der Waals surface area contributed by atoms with Crippen molar-refractivity contribution in [3.8, 4) is 6.07 Å². The number of likely N-dealkylation sites (tertiary alicyclic amines) is 1. The number of piperidine rings is 1. The summed E-state index contributed by atoms with van der Waals surface area (Å²) < 4.78 is 7.65. The van der Waals surface area contributed by atoms with Crippen LogP contribution in [-0.4, -0.2) is 34.8 Å². The van der Waals surface area contributed by atoms with Crippen molar-refractivity contribution in [3.05, 3.63) is 41.6 Å². The van der Waals surface area contributed by atoms with Gasteiger partial charge < -0.3 is 14.2 Å². The Morgan fingerprint density at radius 2 is 2.18 bits per heavy atom. The number of aromatic nitrogens is 1. The Labute approximate surface area is 167 Å². The second-order valence-electron chi connectivity index (χ2n) is 7.28. The number of hydrogen-bond acceptors (Lipinski definition) is 3. The maximum absolute atomic E-state index is 12.5. The van der Waals surface area contributed by atoms with Crippen molar-refractivity contribution in [2.24, 2.45) is 0 Å². The fraction of sp³-hybridized carbons (Fsp3) is 0.478. The lowest BCUT2D eigenvalue weighted by Gasteiger charge is -2.33. The van der Waals surface area contributed by atoms with Crippen LogP contribution in [0.4, 0.5) is 4.79 Å². The molecule has 0 saturated carbocycles. The average Bonchev–Trinajstić information content (AvgIpc) is 3.09. The summed E-state index contributed by atoms with van der Waals surface area (Å²) in [5, 5.41) is 10.3. The van der Waals surface area contributed by atoms with Crippen molar-refractivity contribution in [3.63, 3.8) is 0 Å². The van der Waals surface area contributed by atoms with Gasteiger partial charge in [0.25, 0.3) is 0 Å². The molecule has 1 amide bonds. The van der Waals surface area contributed by atoms with E-state index in [1.807, 2.05) is 23.1 Å². The first-order valence-electron chi connectivity index (χ1n) is 10.3. The minimum atomic E-state index is -0.197. The molecule has 2 heterocycles. The van der Waals surface area contributed by atoms with Gasteiger partial charge in [-0.3, -0.25) is 0 Å². The first-order valence-corrected chi connectivity index (χ1v) is 10.3. The summed E-state index contributed by atoms with van der Waals surface area (Å²) in [6.45, 7) is 6.27. The molecule has 1 aliphatic rings. The van der Waals surface area contributed by atoms with E-state index in [1.54, 1.807) is 0 Å². The van der Waals surface area contributed by atoms with Gasteiger partial charge in [-0.15, -0.1) is 0 Å². The van der Waals surface area contributed by atoms with Crippen LogP contribution in [0.1, 0.15) is 57.2 Å². The van der Waals surface area contributed by atoms with Crippen molar-refractivity contribution >= 4 is 23.1 Å². The Hall–Kier alpha value is -2.74. The number of ether oxygens (including phenoxy) is 1.